The van der Waals surface area contributed by atoms with Gasteiger partial charge in [0, 0.05) is 17.3 Å². The van der Waals surface area contributed by atoms with E-state index in [-0.39, 0.29) is 23.7 Å². The van der Waals surface area contributed by atoms with Gasteiger partial charge in [-0.2, -0.15) is 0 Å². The number of benzene rings is 2. The fraction of sp³-hybridized carbons (Fsp3) is 0.150. The van der Waals surface area contributed by atoms with E-state index in [1.54, 1.807) is 18.2 Å². The zero-order valence-corrected chi connectivity index (χ0v) is 14.5. The molecule has 26 heavy (non-hydrogen) atoms. The molecule has 0 saturated carbocycles. The first kappa shape index (κ1) is 17.5. The molecule has 0 saturated heterocycles. The standard InChI is InChI=1S/C20H18FN3O2/c1-13-7-8-15(9-14(13)2)23-19(25)11-24-12-22-18(10-20(24)26)16-5-3-4-6-17(16)21/h3-10,12H,11H2,1-2H3,(H,23,25). The minimum atomic E-state index is -0.454. The molecule has 1 N–H and O–H groups in total. The highest BCUT2D eigenvalue weighted by atomic mass is 19.1. The van der Waals surface area contributed by atoms with E-state index >= 15 is 0 Å². The summed E-state index contributed by atoms with van der Waals surface area (Å²) in [4.78, 5) is 28.5. The maximum absolute atomic E-state index is 13.8. The third-order valence-corrected chi connectivity index (χ3v) is 4.13. The molecule has 6 heteroatoms. The van der Waals surface area contributed by atoms with E-state index in [0.717, 1.165) is 11.1 Å². The lowest BCUT2D eigenvalue weighted by atomic mass is 10.1. The third kappa shape index (κ3) is 3.85. The van der Waals surface area contributed by atoms with Crippen LogP contribution in [0.5, 0.6) is 0 Å². The maximum Gasteiger partial charge on any atom is 0.254 e. The van der Waals surface area contributed by atoms with Crippen molar-refractivity contribution in [1.82, 2.24) is 9.55 Å². The number of rotatable bonds is 4. The molecular formula is C20H18FN3O2. The molecule has 0 bridgehead atoms. The molecule has 0 spiro atoms. The Balaban J connectivity index is 1.76. The highest BCUT2D eigenvalue weighted by Gasteiger charge is 2.10. The molecule has 0 radical (unpaired) electrons. The van der Waals surface area contributed by atoms with E-state index in [1.165, 1.54) is 23.0 Å². The van der Waals surface area contributed by atoms with Crippen molar-refractivity contribution in [1.29, 1.82) is 0 Å². The van der Waals surface area contributed by atoms with Crippen LogP contribution in [-0.2, 0) is 11.3 Å². The summed E-state index contributed by atoms with van der Waals surface area (Å²) in [7, 11) is 0. The number of aromatic nitrogens is 2. The topological polar surface area (TPSA) is 64.0 Å². The number of carbonyl (C=O) groups excluding carboxylic acids is 1. The summed E-state index contributed by atoms with van der Waals surface area (Å²) >= 11 is 0. The summed E-state index contributed by atoms with van der Waals surface area (Å²) in [5.41, 5.74) is 2.92. The van der Waals surface area contributed by atoms with Crippen LogP contribution in [-0.4, -0.2) is 15.5 Å². The van der Waals surface area contributed by atoms with Crippen LogP contribution in [0, 0.1) is 19.7 Å². The molecule has 0 aliphatic heterocycles. The fourth-order valence-corrected chi connectivity index (χ4v) is 2.54. The van der Waals surface area contributed by atoms with Crippen molar-refractivity contribution in [2.75, 3.05) is 5.32 Å². The first-order chi connectivity index (χ1) is 12.4. The summed E-state index contributed by atoms with van der Waals surface area (Å²) in [6.07, 6.45) is 1.25. The molecular weight excluding hydrogens is 333 g/mol. The van der Waals surface area contributed by atoms with Gasteiger partial charge < -0.3 is 5.32 Å². The Morgan fingerprint density at radius 3 is 2.58 bits per heavy atom. The maximum atomic E-state index is 13.8. The normalized spacial score (nSPS) is 10.6. The van der Waals surface area contributed by atoms with Crippen molar-refractivity contribution in [2.24, 2.45) is 0 Å². The van der Waals surface area contributed by atoms with Crippen molar-refractivity contribution >= 4 is 11.6 Å². The lowest BCUT2D eigenvalue weighted by molar-refractivity contribution is -0.116. The molecule has 0 atom stereocenters. The van der Waals surface area contributed by atoms with Gasteiger partial charge in [-0.05, 0) is 49.2 Å². The SMILES string of the molecule is Cc1ccc(NC(=O)Cn2cnc(-c3ccccc3F)cc2=O)cc1C. The van der Waals surface area contributed by atoms with Crippen molar-refractivity contribution in [3.8, 4) is 11.3 Å². The summed E-state index contributed by atoms with van der Waals surface area (Å²) in [6, 6.07) is 12.9. The number of amides is 1. The van der Waals surface area contributed by atoms with E-state index in [1.807, 2.05) is 32.0 Å². The second-order valence-electron chi connectivity index (χ2n) is 6.07. The van der Waals surface area contributed by atoms with Crippen LogP contribution in [0.3, 0.4) is 0 Å². The largest absolute Gasteiger partial charge is 0.325 e. The number of hydrogen-bond donors (Lipinski definition) is 1. The number of nitrogens with one attached hydrogen (secondary N) is 1. The average Bonchev–Trinajstić information content (AvgIpc) is 2.60. The zero-order valence-electron chi connectivity index (χ0n) is 14.5. The van der Waals surface area contributed by atoms with Crippen molar-refractivity contribution in [2.45, 2.75) is 20.4 Å². The van der Waals surface area contributed by atoms with Gasteiger partial charge in [-0.1, -0.05) is 18.2 Å². The van der Waals surface area contributed by atoms with Crippen LogP contribution in [0.4, 0.5) is 10.1 Å². The number of halogens is 1. The van der Waals surface area contributed by atoms with E-state index < -0.39 is 11.4 Å². The van der Waals surface area contributed by atoms with Gasteiger partial charge in [0.05, 0.1) is 12.0 Å². The van der Waals surface area contributed by atoms with Gasteiger partial charge >= 0.3 is 0 Å². The van der Waals surface area contributed by atoms with E-state index in [9.17, 15) is 14.0 Å². The molecule has 0 unspecified atom stereocenters. The van der Waals surface area contributed by atoms with Crippen molar-refractivity contribution in [3.05, 3.63) is 82.2 Å². The van der Waals surface area contributed by atoms with Gasteiger partial charge in [-0.3, -0.25) is 14.2 Å². The van der Waals surface area contributed by atoms with Gasteiger partial charge in [0.15, 0.2) is 0 Å². The molecule has 3 aromatic rings. The Hall–Kier alpha value is -3.28. The van der Waals surface area contributed by atoms with Crippen LogP contribution < -0.4 is 10.9 Å². The van der Waals surface area contributed by atoms with Crippen LogP contribution >= 0.6 is 0 Å². The number of anilines is 1. The molecule has 5 nitrogen and oxygen atoms in total. The Labute approximate surface area is 150 Å². The molecule has 0 fully saturated rings. The van der Waals surface area contributed by atoms with Crippen LogP contribution in [0.25, 0.3) is 11.3 Å². The van der Waals surface area contributed by atoms with E-state index in [0.29, 0.717) is 5.69 Å². The molecule has 1 heterocycles. The Bertz CT molecular complexity index is 1030. The lowest BCUT2D eigenvalue weighted by Gasteiger charge is -2.09. The van der Waals surface area contributed by atoms with Crippen LogP contribution in [0.2, 0.25) is 0 Å². The summed E-state index contributed by atoms with van der Waals surface area (Å²) in [5, 5.41) is 2.75. The van der Waals surface area contributed by atoms with E-state index in [4.69, 9.17) is 0 Å². The first-order valence-corrected chi connectivity index (χ1v) is 8.12. The second-order valence-corrected chi connectivity index (χ2v) is 6.07. The molecule has 0 aliphatic rings. The quantitative estimate of drug-likeness (QED) is 0.784. The smallest absolute Gasteiger partial charge is 0.254 e. The minimum absolute atomic E-state index is 0.170. The number of aryl methyl sites for hydroxylation is 2. The predicted molar refractivity (Wildman–Crippen MR) is 98.4 cm³/mol. The fourth-order valence-electron chi connectivity index (χ4n) is 2.54. The van der Waals surface area contributed by atoms with Crippen LogP contribution in [0.1, 0.15) is 11.1 Å². The molecule has 1 amide bonds. The van der Waals surface area contributed by atoms with Crippen molar-refractivity contribution in [3.63, 3.8) is 0 Å². The van der Waals surface area contributed by atoms with Gasteiger partial charge in [0.25, 0.3) is 5.56 Å². The number of hydrogen-bond acceptors (Lipinski definition) is 3. The predicted octanol–water partition coefficient (Wildman–Crippen LogP) is 3.30. The summed E-state index contributed by atoms with van der Waals surface area (Å²) in [6.45, 7) is 3.78. The Morgan fingerprint density at radius 2 is 1.88 bits per heavy atom. The highest BCUT2D eigenvalue weighted by Crippen LogP contribution is 2.18. The molecule has 3 rings (SSSR count). The van der Waals surface area contributed by atoms with Gasteiger partial charge in [0.2, 0.25) is 5.91 Å². The monoisotopic (exact) mass is 351 g/mol. The zero-order chi connectivity index (χ0) is 18.7. The molecule has 132 valence electrons. The van der Waals surface area contributed by atoms with Crippen LogP contribution in [0.15, 0.2) is 59.7 Å². The van der Waals surface area contributed by atoms with Gasteiger partial charge in [0.1, 0.15) is 12.4 Å². The Morgan fingerprint density at radius 1 is 1.12 bits per heavy atom. The minimum Gasteiger partial charge on any atom is -0.325 e. The van der Waals surface area contributed by atoms with E-state index in [2.05, 4.69) is 10.3 Å². The van der Waals surface area contributed by atoms with Gasteiger partial charge in [-0.25, -0.2) is 9.37 Å². The molecule has 1 aromatic heterocycles. The van der Waals surface area contributed by atoms with Gasteiger partial charge in [-0.15, -0.1) is 0 Å². The van der Waals surface area contributed by atoms with Crippen molar-refractivity contribution < 1.29 is 9.18 Å². The number of nitrogens with zero attached hydrogens (tertiary/aromatic N) is 2. The second kappa shape index (κ2) is 7.31. The first-order valence-electron chi connectivity index (χ1n) is 8.12. The number of carbonyl (C=O) groups is 1. The Kier molecular flexibility index (Phi) is 4.93. The molecule has 0 aliphatic carbocycles. The summed E-state index contributed by atoms with van der Waals surface area (Å²) in [5.74, 6) is -0.791. The average molecular weight is 351 g/mol. The lowest BCUT2D eigenvalue weighted by Crippen LogP contribution is -2.27. The third-order valence-electron chi connectivity index (χ3n) is 4.13. The highest BCUT2D eigenvalue weighted by molar-refractivity contribution is 5.90. The molecule has 2 aromatic carbocycles. The summed E-state index contributed by atoms with van der Waals surface area (Å²) < 4.78 is 15.0.